The molecule has 0 unspecified atom stereocenters. The van der Waals surface area contributed by atoms with Crippen molar-refractivity contribution in [3.63, 3.8) is 0 Å². The molecule has 23 heavy (non-hydrogen) atoms. The zero-order chi connectivity index (χ0) is 14.2. The number of benzene rings is 1. The van der Waals surface area contributed by atoms with Crippen LogP contribution in [-0.2, 0) is 67.9 Å². The van der Waals surface area contributed by atoms with Gasteiger partial charge >= 0.3 is 0 Å². The molecule has 6 heteroatoms. The molecule has 127 valence electrons. The number of rotatable bonds is 3. The molecule has 0 amide bonds. The predicted molar refractivity (Wildman–Crippen MR) is 89.7 cm³/mol. The number of hydrogen-bond donors (Lipinski definition) is 0. The minimum absolute atomic E-state index is 0. The van der Waals surface area contributed by atoms with Gasteiger partial charge in [0.2, 0.25) is 5.56 Å². The molecule has 2 rings (SSSR count). The molecule has 0 aliphatic rings. The van der Waals surface area contributed by atoms with Gasteiger partial charge in [0.05, 0.1) is 0 Å². The number of imidazole rings is 1. The summed E-state index contributed by atoms with van der Waals surface area (Å²) >= 11 is 0. The number of aromatic nitrogens is 2. The van der Waals surface area contributed by atoms with Gasteiger partial charge in [-0.3, -0.25) is 4.79 Å². The van der Waals surface area contributed by atoms with Crippen molar-refractivity contribution in [1.82, 2.24) is 9.13 Å². The smallest absolute Gasteiger partial charge is 0.253 e. The maximum absolute atomic E-state index is 12.0. The summed E-state index contributed by atoms with van der Waals surface area (Å²) in [5.74, 6) is 1.30. The third-order valence-corrected chi connectivity index (χ3v) is 3.60. The zero-order valence-corrected chi connectivity index (χ0v) is 18.5. The fourth-order valence-corrected chi connectivity index (χ4v) is 2.14. The van der Waals surface area contributed by atoms with Crippen LogP contribution in [0.15, 0.2) is 33.9 Å². The molecular formula is C17H26N2O2WY-2. The molecule has 1 aromatic carbocycles. The summed E-state index contributed by atoms with van der Waals surface area (Å²) in [6.07, 6.45) is 0.996. The van der Waals surface area contributed by atoms with E-state index < -0.39 is 0 Å². The van der Waals surface area contributed by atoms with Gasteiger partial charge in [-0.15, -0.1) is 5.56 Å². The molecule has 0 fully saturated rings. The third kappa shape index (κ3) is 5.34. The Bertz CT molecular complexity index is 699. The SMILES string of the molecule is C.C.CC[C-](C)c1ccc(-[c-]2c(=O)n(C)c(=O)n2C)cc1.[W].[Y]. The summed E-state index contributed by atoms with van der Waals surface area (Å²) in [4.78, 5) is 23.7. The fraction of sp³-hybridized carbons (Fsp3) is 0.412. The summed E-state index contributed by atoms with van der Waals surface area (Å²) < 4.78 is 2.53. The van der Waals surface area contributed by atoms with Crippen LogP contribution in [0.2, 0.25) is 0 Å². The van der Waals surface area contributed by atoms with E-state index >= 15 is 0 Å². The summed E-state index contributed by atoms with van der Waals surface area (Å²) in [6, 6.07) is 7.77. The molecule has 4 nitrogen and oxygen atoms in total. The topological polar surface area (TPSA) is 44.0 Å². The molecule has 0 bridgehead atoms. The van der Waals surface area contributed by atoms with Gasteiger partial charge in [-0.25, -0.2) is 17.7 Å². The van der Waals surface area contributed by atoms with Gasteiger partial charge in [0.1, 0.15) is 0 Å². The van der Waals surface area contributed by atoms with E-state index in [1.165, 1.54) is 23.1 Å². The largest absolute Gasteiger partial charge is 0.371 e. The second kappa shape index (κ2) is 11.3. The van der Waals surface area contributed by atoms with Crippen LogP contribution in [0.3, 0.4) is 0 Å². The average Bonchev–Trinajstić information content (AvgIpc) is 2.62. The van der Waals surface area contributed by atoms with Gasteiger partial charge in [0, 0.05) is 66.5 Å². The Morgan fingerprint density at radius 2 is 1.57 bits per heavy atom. The quantitative estimate of drug-likeness (QED) is 0.540. The van der Waals surface area contributed by atoms with Crippen LogP contribution in [0.5, 0.6) is 0 Å². The average molecular weight is 563 g/mol. The van der Waals surface area contributed by atoms with Crippen molar-refractivity contribution in [3.8, 4) is 11.3 Å². The summed E-state index contributed by atoms with van der Waals surface area (Å²) in [5.41, 5.74) is 1.84. The van der Waals surface area contributed by atoms with Crippen molar-refractivity contribution < 1.29 is 53.8 Å². The maximum atomic E-state index is 12.0. The minimum Gasteiger partial charge on any atom is -0.371 e. The Hall–Kier alpha value is -0.308. The second-order valence-electron chi connectivity index (χ2n) is 4.77. The normalized spacial score (nSPS) is 8.87. The Labute approximate surface area is 178 Å². The van der Waals surface area contributed by atoms with E-state index in [-0.39, 0.29) is 79.9 Å². The van der Waals surface area contributed by atoms with Crippen LogP contribution in [0.25, 0.3) is 11.3 Å². The second-order valence-corrected chi connectivity index (χ2v) is 4.77. The molecule has 0 atom stereocenters. The van der Waals surface area contributed by atoms with E-state index in [9.17, 15) is 9.59 Å². The molecule has 1 radical (unpaired) electrons. The Morgan fingerprint density at radius 3 is 1.91 bits per heavy atom. The van der Waals surface area contributed by atoms with Crippen LogP contribution < -0.4 is 11.2 Å². The summed E-state index contributed by atoms with van der Waals surface area (Å²) in [7, 11) is 3.12. The van der Waals surface area contributed by atoms with Crippen LogP contribution in [0, 0.1) is 5.92 Å². The van der Waals surface area contributed by atoms with Gasteiger partial charge in [0.15, 0.2) is 0 Å². The minimum atomic E-state index is -0.291. The van der Waals surface area contributed by atoms with Gasteiger partial charge in [-0.2, -0.15) is 18.1 Å². The van der Waals surface area contributed by atoms with E-state index in [2.05, 4.69) is 13.8 Å². The van der Waals surface area contributed by atoms with Gasteiger partial charge in [-0.05, 0) is 7.05 Å². The van der Waals surface area contributed by atoms with Crippen molar-refractivity contribution in [3.05, 3.63) is 56.6 Å². The van der Waals surface area contributed by atoms with Crippen molar-refractivity contribution in [2.45, 2.75) is 35.1 Å². The zero-order valence-electron chi connectivity index (χ0n) is 12.7. The molecule has 1 heterocycles. The first kappa shape index (κ1) is 27.5. The molecule has 0 aliphatic carbocycles. The Kier molecular flexibility index (Phi) is 13.5. The molecular weight excluding hydrogens is 537 g/mol. The predicted octanol–water partition coefficient (Wildman–Crippen LogP) is 3.09. The first-order chi connectivity index (χ1) is 8.97. The van der Waals surface area contributed by atoms with Crippen LogP contribution >= 0.6 is 0 Å². The molecule has 0 saturated carbocycles. The summed E-state index contributed by atoms with van der Waals surface area (Å²) in [6.45, 7) is 4.20. The molecule has 0 aliphatic heterocycles. The van der Waals surface area contributed by atoms with Crippen molar-refractivity contribution >= 4 is 0 Å². The van der Waals surface area contributed by atoms with E-state index in [1.54, 1.807) is 7.05 Å². The summed E-state index contributed by atoms with van der Waals surface area (Å²) in [5, 5.41) is 0. The van der Waals surface area contributed by atoms with E-state index in [1.807, 2.05) is 24.3 Å². The molecule has 0 saturated heterocycles. The Balaban J connectivity index is -0.000001000. The van der Waals surface area contributed by atoms with Gasteiger partial charge < -0.3 is 13.9 Å². The van der Waals surface area contributed by atoms with E-state index in [0.717, 1.165) is 16.6 Å². The van der Waals surface area contributed by atoms with Crippen molar-refractivity contribution in [2.24, 2.45) is 14.1 Å². The van der Waals surface area contributed by atoms with Crippen molar-refractivity contribution in [1.29, 1.82) is 0 Å². The molecule has 1 aromatic heterocycles. The standard InChI is InChI=1S/C15H18N2O2.2CH4.W.Y/c1-5-10(2)11-6-8-12(9-7-11)13-14(18)17(4)15(19)16(13)3;;;;/h6-9H,5H2,1-4H3;2*1H4;;/q-2;;;;. The van der Waals surface area contributed by atoms with E-state index in [0.29, 0.717) is 5.69 Å². The maximum Gasteiger partial charge on any atom is 0.253 e. The molecule has 0 N–H and O–H groups in total. The first-order valence-electron chi connectivity index (χ1n) is 6.33. The van der Waals surface area contributed by atoms with E-state index in [4.69, 9.17) is 0 Å². The van der Waals surface area contributed by atoms with Gasteiger partial charge in [0.25, 0.3) is 5.69 Å². The monoisotopic (exact) mass is 563 g/mol. The number of hydrogen-bond acceptors (Lipinski definition) is 2. The van der Waals surface area contributed by atoms with Crippen LogP contribution in [-0.4, -0.2) is 9.13 Å². The molecule has 2 aromatic rings. The van der Waals surface area contributed by atoms with Crippen molar-refractivity contribution in [2.75, 3.05) is 0 Å². The van der Waals surface area contributed by atoms with Crippen LogP contribution in [0.4, 0.5) is 0 Å². The fourth-order valence-electron chi connectivity index (χ4n) is 2.14. The number of nitrogens with zero attached hydrogens (tertiary/aromatic N) is 2. The van der Waals surface area contributed by atoms with Crippen LogP contribution in [0.1, 0.15) is 40.7 Å². The first-order valence-corrected chi connectivity index (χ1v) is 6.33. The third-order valence-electron chi connectivity index (χ3n) is 3.60. The van der Waals surface area contributed by atoms with Gasteiger partial charge in [-0.1, -0.05) is 35.1 Å². The molecule has 0 spiro atoms. The Morgan fingerprint density at radius 1 is 1.09 bits per heavy atom.